The average molecular weight is 424 g/mol. The fourth-order valence-corrected chi connectivity index (χ4v) is 5.08. The van der Waals surface area contributed by atoms with Crippen LogP contribution in [0.2, 0.25) is 0 Å². The maximum absolute atomic E-state index is 11.4. The lowest BCUT2D eigenvalue weighted by molar-refractivity contribution is -0.137. The summed E-state index contributed by atoms with van der Waals surface area (Å²) in [5, 5.41) is 14.8. The quantitative estimate of drug-likeness (QED) is 0.382. The molecule has 0 aromatic carbocycles. The van der Waals surface area contributed by atoms with Gasteiger partial charge in [0.1, 0.15) is 5.52 Å². The number of nitrogens with one attached hydrogen (secondary N) is 3. The van der Waals surface area contributed by atoms with Gasteiger partial charge < -0.3 is 20.7 Å². The number of aromatic amines is 1. The van der Waals surface area contributed by atoms with E-state index in [4.69, 9.17) is 5.11 Å². The zero-order valence-electron chi connectivity index (χ0n) is 16.2. The van der Waals surface area contributed by atoms with Crippen LogP contribution in [0, 0.1) is 0 Å². The minimum atomic E-state index is -0.729. The van der Waals surface area contributed by atoms with E-state index in [2.05, 4.69) is 20.6 Å². The van der Waals surface area contributed by atoms with Gasteiger partial charge in [-0.05, 0) is 12.8 Å². The second kappa shape index (κ2) is 8.72. The highest BCUT2D eigenvalue weighted by Crippen LogP contribution is 2.33. The number of hydrogen-bond acceptors (Lipinski definition) is 6. The number of rotatable bonds is 5. The predicted molar refractivity (Wildman–Crippen MR) is 108 cm³/mol. The van der Waals surface area contributed by atoms with Gasteiger partial charge in [-0.2, -0.15) is 11.8 Å². The Balaban J connectivity index is 0.000000169. The van der Waals surface area contributed by atoms with Crippen molar-refractivity contribution in [2.75, 3.05) is 5.75 Å². The molecule has 0 unspecified atom stereocenters. The number of fused-ring (bicyclic) bond motifs is 2. The van der Waals surface area contributed by atoms with Gasteiger partial charge in [0.15, 0.2) is 5.65 Å². The molecule has 4 heterocycles. The fraction of sp³-hybridized carbons (Fsp3) is 0.588. The van der Waals surface area contributed by atoms with Crippen LogP contribution < -0.4 is 21.9 Å². The number of carbonyl (C=O) groups is 2. The predicted octanol–water partition coefficient (Wildman–Crippen LogP) is -0.243. The highest BCUT2D eigenvalue weighted by atomic mass is 32.2. The number of nitrogens with zero attached hydrogens (tertiary/aromatic N) is 3. The summed E-state index contributed by atoms with van der Waals surface area (Å²) in [4.78, 5) is 50.8. The maximum atomic E-state index is 11.4. The standard InChI is InChI=1S/C10H16N2O3S.C7H8N4O2/c13-8(14)4-2-1-3-7-9-6(5-16-7)11-10(15)12-9;1-10-5-4(8-3-9-5)6(12)11(2)7(10)13/h6-7,9H,1-5H2,(H,13,14)(H2,11,12,15);3H,1-2H3,(H,8,9)/t6-,7-,9-;/m0./s1. The molecule has 2 aliphatic heterocycles. The normalized spacial score (nSPS) is 22.6. The average Bonchev–Trinajstić information content (AvgIpc) is 3.38. The van der Waals surface area contributed by atoms with E-state index in [-0.39, 0.29) is 35.8 Å². The molecule has 0 saturated carbocycles. The Morgan fingerprint density at radius 2 is 2.00 bits per heavy atom. The minimum absolute atomic E-state index is 0.0640. The summed E-state index contributed by atoms with van der Waals surface area (Å²) in [5.41, 5.74) is 0.0119. The monoisotopic (exact) mass is 424 g/mol. The topological polar surface area (TPSA) is 151 Å². The van der Waals surface area contributed by atoms with Crippen LogP contribution in [0.3, 0.4) is 0 Å². The van der Waals surface area contributed by atoms with Crippen LogP contribution in [-0.4, -0.2) is 59.3 Å². The van der Waals surface area contributed by atoms with Crippen molar-refractivity contribution in [1.82, 2.24) is 29.7 Å². The molecule has 2 fully saturated rings. The van der Waals surface area contributed by atoms with Crippen LogP contribution in [-0.2, 0) is 18.9 Å². The first-order valence-electron chi connectivity index (χ1n) is 9.29. The first kappa shape index (κ1) is 21.0. The van der Waals surface area contributed by atoms with Gasteiger partial charge in [0.25, 0.3) is 5.56 Å². The van der Waals surface area contributed by atoms with Crippen LogP contribution in [0.4, 0.5) is 4.79 Å². The number of carbonyl (C=O) groups excluding carboxylic acids is 1. The molecule has 2 saturated heterocycles. The Labute approximate surface area is 169 Å². The molecule has 11 nitrogen and oxygen atoms in total. The van der Waals surface area contributed by atoms with Crippen molar-refractivity contribution in [2.24, 2.45) is 14.1 Å². The second-order valence-corrected chi connectivity index (χ2v) is 8.34. The van der Waals surface area contributed by atoms with Crippen LogP contribution in [0.25, 0.3) is 11.2 Å². The molecular weight excluding hydrogens is 400 g/mol. The molecule has 158 valence electrons. The first-order valence-corrected chi connectivity index (χ1v) is 10.3. The smallest absolute Gasteiger partial charge is 0.332 e. The molecule has 0 spiro atoms. The van der Waals surface area contributed by atoms with Crippen molar-refractivity contribution in [1.29, 1.82) is 0 Å². The molecule has 2 aromatic heterocycles. The van der Waals surface area contributed by atoms with E-state index in [9.17, 15) is 19.2 Å². The number of aliphatic carboxylic acids is 1. The molecule has 2 amide bonds. The van der Waals surface area contributed by atoms with Crippen LogP contribution >= 0.6 is 11.8 Å². The second-order valence-electron chi connectivity index (χ2n) is 7.07. The van der Waals surface area contributed by atoms with E-state index in [1.807, 2.05) is 11.8 Å². The van der Waals surface area contributed by atoms with Gasteiger partial charge in [0.05, 0.1) is 18.4 Å². The molecule has 2 aliphatic rings. The summed E-state index contributed by atoms with van der Waals surface area (Å²) >= 11 is 1.87. The Kier molecular flexibility index (Phi) is 6.30. The fourth-order valence-electron chi connectivity index (χ4n) is 3.53. The molecule has 4 N–H and O–H groups in total. The highest BCUT2D eigenvalue weighted by Gasteiger charge is 2.42. The third kappa shape index (κ3) is 4.47. The SMILES string of the molecule is Cn1c(=O)c2[nH]cnc2n(C)c1=O.O=C(O)CCCC[C@@H]1SC[C@@H]2NC(=O)N[C@@H]21. The number of aromatic nitrogens is 4. The van der Waals surface area contributed by atoms with Crippen molar-refractivity contribution >= 4 is 34.9 Å². The summed E-state index contributed by atoms with van der Waals surface area (Å²) < 4.78 is 2.37. The molecule has 0 bridgehead atoms. The summed E-state index contributed by atoms with van der Waals surface area (Å²) in [7, 11) is 3.01. The number of hydrogen-bond donors (Lipinski definition) is 4. The Hall–Kier alpha value is -2.76. The van der Waals surface area contributed by atoms with E-state index >= 15 is 0 Å². The van der Waals surface area contributed by atoms with E-state index in [0.29, 0.717) is 16.4 Å². The summed E-state index contributed by atoms with van der Waals surface area (Å²) in [6.45, 7) is 0. The third-order valence-electron chi connectivity index (χ3n) is 5.10. The van der Waals surface area contributed by atoms with Gasteiger partial charge in [-0.3, -0.25) is 18.7 Å². The van der Waals surface area contributed by atoms with E-state index in [1.54, 1.807) is 7.05 Å². The first-order chi connectivity index (χ1) is 13.8. The maximum Gasteiger partial charge on any atom is 0.332 e. The Morgan fingerprint density at radius 3 is 2.72 bits per heavy atom. The molecule has 4 rings (SSSR count). The number of imidazole rings is 1. The lowest BCUT2D eigenvalue weighted by Crippen LogP contribution is -2.36. The van der Waals surface area contributed by atoms with Gasteiger partial charge in [-0.15, -0.1) is 0 Å². The molecule has 0 radical (unpaired) electrons. The molecular formula is C17H24N6O5S. The molecule has 3 atom stereocenters. The van der Waals surface area contributed by atoms with E-state index in [1.165, 1.54) is 17.9 Å². The van der Waals surface area contributed by atoms with Gasteiger partial charge in [0, 0.05) is 31.5 Å². The van der Waals surface area contributed by atoms with Crippen molar-refractivity contribution in [3.63, 3.8) is 0 Å². The lowest BCUT2D eigenvalue weighted by Gasteiger charge is -2.16. The van der Waals surface area contributed by atoms with Crippen molar-refractivity contribution in [3.8, 4) is 0 Å². The Bertz CT molecular complexity index is 1030. The number of amides is 2. The minimum Gasteiger partial charge on any atom is -0.481 e. The van der Waals surface area contributed by atoms with Gasteiger partial charge >= 0.3 is 17.7 Å². The Morgan fingerprint density at radius 1 is 1.24 bits per heavy atom. The zero-order valence-corrected chi connectivity index (χ0v) is 17.0. The number of aryl methyl sites for hydroxylation is 1. The van der Waals surface area contributed by atoms with Crippen LogP contribution in [0.5, 0.6) is 0 Å². The number of carboxylic acid groups (broad SMARTS) is 1. The van der Waals surface area contributed by atoms with Gasteiger partial charge in [-0.25, -0.2) is 14.6 Å². The van der Waals surface area contributed by atoms with Crippen molar-refractivity contribution in [2.45, 2.75) is 43.0 Å². The van der Waals surface area contributed by atoms with Gasteiger partial charge in [-0.1, -0.05) is 6.42 Å². The molecule has 29 heavy (non-hydrogen) atoms. The summed E-state index contributed by atoms with van der Waals surface area (Å²) in [5.74, 6) is 0.236. The third-order valence-corrected chi connectivity index (χ3v) is 6.61. The van der Waals surface area contributed by atoms with Crippen molar-refractivity contribution in [3.05, 3.63) is 27.2 Å². The van der Waals surface area contributed by atoms with Gasteiger partial charge in [0.2, 0.25) is 0 Å². The number of carboxylic acids is 1. The summed E-state index contributed by atoms with van der Waals surface area (Å²) in [6, 6.07) is 0.440. The molecule has 2 aromatic rings. The van der Waals surface area contributed by atoms with E-state index in [0.717, 1.165) is 29.6 Å². The zero-order chi connectivity index (χ0) is 21.1. The number of urea groups is 1. The van der Waals surface area contributed by atoms with Crippen LogP contribution in [0.1, 0.15) is 25.7 Å². The highest BCUT2D eigenvalue weighted by molar-refractivity contribution is 8.00. The largest absolute Gasteiger partial charge is 0.481 e. The van der Waals surface area contributed by atoms with Crippen molar-refractivity contribution < 1.29 is 14.7 Å². The molecule has 0 aliphatic carbocycles. The van der Waals surface area contributed by atoms with Crippen LogP contribution in [0.15, 0.2) is 15.9 Å². The van der Waals surface area contributed by atoms with E-state index < -0.39 is 5.97 Å². The number of H-pyrrole nitrogens is 1. The molecule has 12 heteroatoms. The number of unbranched alkanes of at least 4 members (excludes halogenated alkanes) is 1. The number of thioether (sulfide) groups is 1. The lowest BCUT2D eigenvalue weighted by atomic mass is 10.0. The summed E-state index contributed by atoms with van der Waals surface area (Å²) in [6.07, 6.45) is 4.27.